The highest BCUT2D eigenvalue weighted by atomic mass is 19.1. The van der Waals surface area contributed by atoms with Crippen molar-refractivity contribution in [3.63, 3.8) is 0 Å². The first-order valence-electron chi connectivity index (χ1n) is 5.20. The molecule has 0 aliphatic carbocycles. The van der Waals surface area contributed by atoms with Crippen LogP contribution in [0.25, 0.3) is 0 Å². The van der Waals surface area contributed by atoms with Crippen LogP contribution >= 0.6 is 0 Å². The van der Waals surface area contributed by atoms with E-state index in [-0.39, 0.29) is 5.41 Å². The molecule has 0 fully saturated rings. The predicted octanol–water partition coefficient (Wildman–Crippen LogP) is 2.89. The van der Waals surface area contributed by atoms with Crippen LogP contribution in [0, 0.1) is 5.41 Å². The van der Waals surface area contributed by atoms with Gasteiger partial charge in [-0.1, -0.05) is 32.9 Å². The predicted molar refractivity (Wildman–Crippen MR) is 65.0 cm³/mol. The van der Waals surface area contributed by atoms with Gasteiger partial charge >= 0.3 is 0 Å². The van der Waals surface area contributed by atoms with Crippen LogP contribution in [0.1, 0.15) is 27.7 Å². The second-order valence-corrected chi connectivity index (χ2v) is 4.63. The highest BCUT2D eigenvalue weighted by Gasteiger charge is 2.28. The highest BCUT2D eigenvalue weighted by Crippen LogP contribution is 2.28. The fraction of sp³-hybridized carbons (Fsp3) is 0.417. The van der Waals surface area contributed by atoms with Crippen molar-refractivity contribution in [1.29, 1.82) is 0 Å². The number of nitrogens with zero attached hydrogens (tertiary/aromatic N) is 2. The minimum Gasteiger partial charge on any atom is -0.254 e. The summed E-state index contributed by atoms with van der Waals surface area (Å²) >= 11 is 0. The number of hydrogen-bond donors (Lipinski definition) is 1. The molecule has 4 heteroatoms. The van der Waals surface area contributed by atoms with Gasteiger partial charge in [-0.2, -0.15) is 4.39 Å². The Morgan fingerprint density at radius 3 is 2.56 bits per heavy atom. The van der Waals surface area contributed by atoms with Gasteiger partial charge in [-0.05, 0) is 13.0 Å². The SMILES string of the molecule is C/C=C\C=C1\C(C(C)(C)C)=NC=C(F)N1N. The summed E-state index contributed by atoms with van der Waals surface area (Å²) in [6.07, 6.45) is 6.58. The number of halogens is 1. The first-order chi connectivity index (χ1) is 7.38. The Kier molecular flexibility index (Phi) is 3.65. The van der Waals surface area contributed by atoms with E-state index in [1.54, 1.807) is 6.08 Å². The maximum atomic E-state index is 13.3. The molecule has 0 aromatic heterocycles. The lowest BCUT2D eigenvalue weighted by atomic mass is 9.87. The van der Waals surface area contributed by atoms with Crippen LogP contribution in [0.3, 0.4) is 0 Å². The molecule has 0 amide bonds. The molecule has 0 radical (unpaired) electrons. The topological polar surface area (TPSA) is 41.6 Å². The fourth-order valence-corrected chi connectivity index (χ4v) is 1.40. The standard InChI is InChI=1S/C12H18FN3/c1-5-6-7-9-11(12(2,3)4)15-8-10(13)16(9)14/h5-8H,14H2,1-4H3/b6-5-,9-7-. The summed E-state index contributed by atoms with van der Waals surface area (Å²) in [7, 11) is 0. The summed E-state index contributed by atoms with van der Waals surface area (Å²) in [5.74, 6) is 5.11. The Labute approximate surface area is 95.8 Å². The first kappa shape index (κ1) is 12.6. The van der Waals surface area contributed by atoms with Crippen LogP contribution in [0.4, 0.5) is 4.39 Å². The molecular formula is C12H18FN3. The molecule has 0 unspecified atom stereocenters. The van der Waals surface area contributed by atoms with E-state index in [1.165, 1.54) is 0 Å². The summed E-state index contributed by atoms with van der Waals surface area (Å²) in [4.78, 5) is 4.12. The number of nitrogens with two attached hydrogens (primary N) is 1. The number of rotatable bonds is 1. The van der Waals surface area contributed by atoms with Crippen molar-refractivity contribution in [2.45, 2.75) is 27.7 Å². The van der Waals surface area contributed by atoms with Gasteiger partial charge in [-0.25, -0.2) is 5.84 Å². The Hall–Kier alpha value is -1.42. The lowest BCUT2D eigenvalue weighted by Crippen LogP contribution is -2.38. The van der Waals surface area contributed by atoms with E-state index in [9.17, 15) is 4.39 Å². The van der Waals surface area contributed by atoms with E-state index >= 15 is 0 Å². The summed E-state index contributed by atoms with van der Waals surface area (Å²) in [5.41, 5.74) is 1.18. The third kappa shape index (κ3) is 2.58. The summed E-state index contributed by atoms with van der Waals surface area (Å²) in [6.45, 7) is 7.93. The van der Waals surface area contributed by atoms with Crippen LogP contribution in [0.5, 0.6) is 0 Å². The van der Waals surface area contributed by atoms with Gasteiger partial charge in [0.05, 0.1) is 17.6 Å². The van der Waals surface area contributed by atoms with Crippen LogP contribution in [-0.4, -0.2) is 10.7 Å². The molecule has 0 saturated carbocycles. The van der Waals surface area contributed by atoms with E-state index in [0.717, 1.165) is 16.9 Å². The molecule has 3 nitrogen and oxygen atoms in total. The first-order valence-corrected chi connectivity index (χ1v) is 5.20. The number of hydrazine groups is 1. The number of aliphatic imine (C=N–C) groups is 1. The molecule has 0 atom stereocenters. The third-order valence-electron chi connectivity index (χ3n) is 2.19. The largest absolute Gasteiger partial charge is 0.254 e. The maximum absolute atomic E-state index is 13.3. The molecule has 88 valence electrons. The zero-order valence-electron chi connectivity index (χ0n) is 10.2. The molecule has 0 bridgehead atoms. The van der Waals surface area contributed by atoms with Crippen molar-refractivity contribution in [1.82, 2.24) is 5.01 Å². The van der Waals surface area contributed by atoms with E-state index < -0.39 is 5.95 Å². The molecule has 0 spiro atoms. The third-order valence-corrected chi connectivity index (χ3v) is 2.19. The molecule has 1 aliphatic heterocycles. The van der Waals surface area contributed by atoms with Gasteiger partial charge in [0.15, 0.2) is 0 Å². The molecule has 1 aliphatic rings. The Balaban J connectivity index is 3.22. The van der Waals surface area contributed by atoms with Crippen LogP contribution in [0.15, 0.2) is 41.1 Å². The van der Waals surface area contributed by atoms with Crippen molar-refractivity contribution in [3.05, 3.63) is 36.1 Å². The normalized spacial score (nSPS) is 20.4. The molecule has 1 rings (SSSR count). The van der Waals surface area contributed by atoms with Crippen molar-refractivity contribution < 1.29 is 4.39 Å². The minimum atomic E-state index is -0.552. The van der Waals surface area contributed by atoms with Crippen molar-refractivity contribution in [2.75, 3.05) is 0 Å². The van der Waals surface area contributed by atoms with Gasteiger partial charge in [0.2, 0.25) is 5.95 Å². The number of allylic oxidation sites excluding steroid dienone is 4. The lowest BCUT2D eigenvalue weighted by Gasteiger charge is -2.30. The average molecular weight is 223 g/mol. The van der Waals surface area contributed by atoms with Crippen LogP contribution in [-0.2, 0) is 0 Å². The van der Waals surface area contributed by atoms with Gasteiger partial charge in [0, 0.05) is 5.41 Å². The molecule has 2 N–H and O–H groups in total. The quantitative estimate of drug-likeness (QED) is 0.548. The smallest absolute Gasteiger partial charge is 0.226 e. The van der Waals surface area contributed by atoms with Crippen LogP contribution in [0.2, 0.25) is 0 Å². The van der Waals surface area contributed by atoms with E-state index in [4.69, 9.17) is 5.84 Å². The van der Waals surface area contributed by atoms with Gasteiger partial charge in [0.1, 0.15) is 0 Å². The molecule has 0 aromatic carbocycles. The van der Waals surface area contributed by atoms with Crippen molar-refractivity contribution in [3.8, 4) is 0 Å². The van der Waals surface area contributed by atoms with E-state index in [0.29, 0.717) is 5.70 Å². The fourth-order valence-electron chi connectivity index (χ4n) is 1.40. The van der Waals surface area contributed by atoms with Crippen LogP contribution < -0.4 is 5.84 Å². The average Bonchev–Trinajstić information content (AvgIpc) is 2.18. The summed E-state index contributed by atoms with van der Waals surface area (Å²) in [5, 5.41) is 1.02. The second-order valence-electron chi connectivity index (χ2n) is 4.63. The Morgan fingerprint density at radius 1 is 1.44 bits per heavy atom. The van der Waals surface area contributed by atoms with E-state index in [1.807, 2.05) is 39.8 Å². The monoisotopic (exact) mass is 223 g/mol. The van der Waals surface area contributed by atoms with Gasteiger partial charge < -0.3 is 0 Å². The minimum absolute atomic E-state index is 0.178. The lowest BCUT2D eigenvalue weighted by molar-refractivity contribution is 0.339. The maximum Gasteiger partial charge on any atom is 0.226 e. The van der Waals surface area contributed by atoms with Gasteiger partial charge in [-0.15, -0.1) is 0 Å². The molecule has 0 saturated heterocycles. The Morgan fingerprint density at radius 2 is 2.06 bits per heavy atom. The van der Waals surface area contributed by atoms with E-state index in [2.05, 4.69) is 4.99 Å². The Bertz CT molecular complexity index is 384. The van der Waals surface area contributed by atoms with Gasteiger partial charge in [0.25, 0.3) is 0 Å². The van der Waals surface area contributed by atoms with Crippen molar-refractivity contribution >= 4 is 5.71 Å². The number of hydrogen-bond acceptors (Lipinski definition) is 3. The van der Waals surface area contributed by atoms with Gasteiger partial charge in [-0.3, -0.25) is 10.0 Å². The molecule has 16 heavy (non-hydrogen) atoms. The summed E-state index contributed by atoms with van der Waals surface area (Å²) in [6, 6.07) is 0. The highest BCUT2D eigenvalue weighted by molar-refractivity contribution is 6.04. The molecule has 0 aromatic rings. The zero-order chi connectivity index (χ0) is 12.3. The second kappa shape index (κ2) is 4.61. The zero-order valence-corrected chi connectivity index (χ0v) is 10.2. The molecule has 1 heterocycles. The van der Waals surface area contributed by atoms with Crippen molar-refractivity contribution in [2.24, 2.45) is 16.3 Å². The molecular weight excluding hydrogens is 205 g/mol. The summed E-state index contributed by atoms with van der Waals surface area (Å²) < 4.78 is 13.3.